The Morgan fingerprint density at radius 1 is 1.45 bits per heavy atom. The van der Waals surface area contributed by atoms with E-state index in [1.807, 2.05) is 29.5 Å². The normalized spacial score (nSPS) is 17.1. The van der Waals surface area contributed by atoms with Gasteiger partial charge in [-0.3, -0.25) is 4.79 Å². The first-order chi connectivity index (χ1) is 8.87. The summed E-state index contributed by atoms with van der Waals surface area (Å²) in [4.78, 5) is 12.2. The third kappa shape index (κ3) is 3.59. The topological polar surface area (TPSA) is 55.1 Å². The number of amides is 1. The minimum absolute atomic E-state index is 0. The number of nitrogens with two attached hydrogens (primary N) is 1. The van der Waals surface area contributed by atoms with Crippen LogP contribution in [0.5, 0.6) is 0 Å². The average Bonchev–Trinajstić information content (AvgIpc) is 3.17. The highest BCUT2D eigenvalue weighted by Gasteiger charge is 2.41. The third-order valence-electron chi connectivity index (χ3n) is 3.56. The van der Waals surface area contributed by atoms with Gasteiger partial charge in [0.15, 0.2) is 11.6 Å². The van der Waals surface area contributed by atoms with Crippen molar-refractivity contribution in [3.8, 4) is 0 Å². The van der Waals surface area contributed by atoms with E-state index in [9.17, 15) is 13.6 Å². The summed E-state index contributed by atoms with van der Waals surface area (Å²) in [6, 6.07) is 1.94. The summed E-state index contributed by atoms with van der Waals surface area (Å²) in [6.07, 6.45) is 2.06. The lowest BCUT2D eigenvalue weighted by Gasteiger charge is -2.29. The van der Waals surface area contributed by atoms with Crippen LogP contribution in [0.1, 0.15) is 30.1 Å². The lowest BCUT2D eigenvalue weighted by Crippen LogP contribution is -2.53. The van der Waals surface area contributed by atoms with Gasteiger partial charge in [-0.15, -0.1) is 12.4 Å². The van der Waals surface area contributed by atoms with Gasteiger partial charge < -0.3 is 11.1 Å². The summed E-state index contributed by atoms with van der Waals surface area (Å²) in [7, 11) is 0. The molecular weight excluding hydrogens is 401 g/mol. The molecule has 1 atom stereocenters. The number of benzene rings is 1. The molecule has 3 nitrogen and oxygen atoms in total. The molecule has 0 aromatic heterocycles. The summed E-state index contributed by atoms with van der Waals surface area (Å²) in [5, 5.41) is 2.85. The van der Waals surface area contributed by atoms with Crippen LogP contribution >= 0.6 is 35.0 Å². The molecule has 1 aromatic rings. The highest BCUT2D eigenvalue weighted by atomic mass is 127. The Balaban J connectivity index is 0.00000200. The Labute approximate surface area is 136 Å². The molecule has 1 saturated carbocycles. The molecule has 0 saturated heterocycles. The highest BCUT2D eigenvalue weighted by molar-refractivity contribution is 14.1. The van der Waals surface area contributed by atoms with Crippen LogP contribution in [0.15, 0.2) is 12.1 Å². The molecular formula is C13H16ClF2IN2O. The molecule has 1 aliphatic rings. The molecule has 0 spiro atoms. The van der Waals surface area contributed by atoms with Crippen LogP contribution in [0.4, 0.5) is 8.78 Å². The first kappa shape index (κ1) is 17.6. The Hall–Kier alpha value is -0.470. The molecule has 112 valence electrons. The molecule has 1 amide bonds. The second-order valence-corrected chi connectivity index (χ2v) is 6.26. The Morgan fingerprint density at radius 2 is 2.00 bits per heavy atom. The van der Waals surface area contributed by atoms with E-state index >= 15 is 0 Å². The highest BCUT2D eigenvalue weighted by Crippen LogP contribution is 2.39. The fraction of sp³-hybridized carbons (Fsp3) is 0.462. The van der Waals surface area contributed by atoms with Gasteiger partial charge in [0.1, 0.15) is 0 Å². The molecule has 1 fully saturated rings. The van der Waals surface area contributed by atoms with Crippen LogP contribution in [-0.2, 0) is 0 Å². The first-order valence-corrected chi connectivity index (χ1v) is 7.12. The van der Waals surface area contributed by atoms with Crippen LogP contribution in [0.3, 0.4) is 0 Å². The molecule has 20 heavy (non-hydrogen) atoms. The van der Waals surface area contributed by atoms with Crippen molar-refractivity contribution in [3.63, 3.8) is 0 Å². The van der Waals surface area contributed by atoms with Crippen molar-refractivity contribution < 1.29 is 13.6 Å². The van der Waals surface area contributed by atoms with Gasteiger partial charge in [0.25, 0.3) is 5.91 Å². The lowest BCUT2D eigenvalue weighted by molar-refractivity contribution is 0.0896. The molecule has 0 radical (unpaired) electrons. The van der Waals surface area contributed by atoms with E-state index in [1.165, 1.54) is 0 Å². The summed E-state index contributed by atoms with van der Waals surface area (Å²) < 4.78 is 26.6. The third-order valence-corrected chi connectivity index (χ3v) is 4.45. The molecule has 0 heterocycles. The fourth-order valence-corrected chi connectivity index (χ4v) is 2.74. The van der Waals surface area contributed by atoms with Crippen molar-refractivity contribution in [2.75, 3.05) is 6.54 Å². The predicted octanol–water partition coefficient (Wildman–Crippen LogP) is 2.85. The van der Waals surface area contributed by atoms with Crippen molar-refractivity contribution in [2.45, 2.75) is 25.3 Å². The van der Waals surface area contributed by atoms with Gasteiger partial charge in [-0.1, -0.05) is 0 Å². The second kappa shape index (κ2) is 6.53. The quantitative estimate of drug-likeness (QED) is 0.586. The Morgan fingerprint density at radius 3 is 2.50 bits per heavy atom. The van der Waals surface area contributed by atoms with E-state index in [2.05, 4.69) is 5.32 Å². The van der Waals surface area contributed by atoms with Crippen molar-refractivity contribution >= 4 is 40.9 Å². The van der Waals surface area contributed by atoms with Crippen LogP contribution in [-0.4, -0.2) is 18.0 Å². The van der Waals surface area contributed by atoms with E-state index in [0.717, 1.165) is 25.0 Å². The molecule has 0 bridgehead atoms. The van der Waals surface area contributed by atoms with Gasteiger partial charge in [0, 0.05) is 10.1 Å². The van der Waals surface area contributed by atoms with Crippen LogP contribution in [0.2, 0.25) is 0 Å². The zero-order valence-electron chi connectivity index (χ0n) is 10.9. The van der Waals surface area contributed by atoms with Crippen LogP contribution in [0, 0.1) is 21.1 Å². The maximum Gasteiger partial charge on any atom is 0.252 e. The van der Waals surface area contributed by atoms with Crippen molar-refractivity contribution in [1.82, 2.24) is 5.32 Å². The van der Waals surface area contributed by atoms with Gasteiger partial charge in [-0.2, -0.15) is 0 Å². The van der Waals surface area contributed by atoms with E-state index in [4.69, 9.17) is 5.73 Å². The number of carbonyl (C=O) groups excluding carboxylic acids is 1. The minimum atomic E-state index is -1.02. The summed E-state index contributed by atoms with van der Waals surface area (Å²) in [5.41, 5.74) is 5.37. The lowest BCUT2D eigenvalue weighted by atomic mass is 9.95. The van der Waals surface area contributed by atoms with Crippen molar-refractivity contribution in [3.05, 3.63) is 32.9 Å². The van der Waals surface area contributed by atoms with Gasteiger partial charge >= 0.3 is 0 Å². The standard InChI is InChI=1S/C13H15F2IN2O.ClH/c1-13(6-17,7-2-3-7)18-12(19)8-4-9(14)10(15)5-11(8)16;/h4-5,7H,2-3,6,17H2,1H3,(H,18,19);1H. The van der Waals surface area contributed by atoms with Gasteiger partial charge in [0.05, 0.1) is 11.1 Å². The van der Waals surface area contributed by atoms with Crippen molar-refractivity contribution in [1.29, 1.82) is 0 Å². The second-order valence-electron chi connectivity index (χ2n) is 5.10. The maximum absolute atomic E-state index is 13.2. The number of halogens is 4. The molecule has 1 aliphatic carbocycles. The summed E-state index contributed by atoms with van der Waals surface area (Å²) >= 11 is 1.82. The molecule has 0 aliphatic heterocycles. The number of rotatable bonds is 4. The smallest absolute Gasteiger partial charge is 0.252 e. The molecule has 3 N–H and O–H groups in total. The zero-order valence-corrected chi connectivity index (χ0v) is 13.9. The van der Waals surface area contributed by atoms with Gasteiger partial charge in [-0.25, -0.2) is 8.78 Å². The van der Waals surface area contributed by atoms with E-state index < -0.39 is 23.1 Å². The average molecular weight is 417 g/mol. The molecule has 1 aromatic carbocycles. The summed E-state index contributed by atoms with van der Waals surface area (Å²) in [5.74, 6) is -2.02. The maximum atomic E-state index is 13.2. The van der Waals surface area contributed by atoms with Crippen LogP contribution < -0.4 is 11.1 Å². The van der Waals surface area contributed by atoms with E-state index in [1.54, 1.807) is 0 Å². The molecule has 2 rings (SSSR count). The number of carbonyl (C=O) groups is 1. The SMILES string of the molecule is CC(CN)(NC(=O)c1cc(F)c(F)cc1I)C1CC1.Cl. The van der Waals surface area contributed by atoms with Gasteiger partial charge in [0.2, 0.25) is 0 Å². The number of hydrogen-bond donors (Lipinski definition) is 2. The monoisotopic (exact) mass is 416 g/mol. The minimum Gasteiger partial charge on any atom is -0.345 e. The van der Waals surface area contributed by atoms with E-state index in [-0.39, 0.29) is 18.0 Å². The summed E-state index contributed by atoms with van der Waals surface area (Å²) in [6.45, 7) is 2.21. The molecule has 1 unspecified atom stereocenters. The van der Waals surface area contributed by atoms with Crippen molar-refractivity contribution in [2.24, 2.45) is 11.7 Å². The Kier molecular flexibility index (Phi) is 5.74. The first-order valence-electron chi connectivity index (χ1n) is 6.04. The number of hydrogen-bond acceptors (Lipinski definition) is 2. The van der Waals surface area contributed by atoms with E-state index in [0.29, 0.717) is 16.0 Å². The Bertz CT molecular complexity index is 525. The fourth-order valence-electron chi connectivity index (χ4n) is 2.06. The largest absolute Gasteiger partial charge is 0.345 e. The predicted molar refractivity (Wildman–Crippen MR) is 84.0 cm³/mol. The zero-order chi connectivity index (χ0) is 14.2. The van der Waals surface area contributed by atoms with Gasteiger partial charge in [-0.05, 0) is 60.4 Å². The number of nitrogens with one attached hydrogen (secondary N) is 1. The molecule has 7 heteroatoms. The van der Waals surface area contributed by atoms with Crippen LogP contribution in [0.25, 0.3) is 0 Å².